The molecule has 2 heterocycles. The Bertz CT molecular complexity index is 809. The van der Waals surface area contributed by atoms with Crippen LogP contribution >= 0.6 is 0 Å². The Hall–Kier alpha value is -2.63. The summed E-state index contributed by atoms with van der Waals surface area (Å²) >= 11 is 0. The van der Waals surface area contributed by atoms with Crippen LogP contribution in [-0.4, -0.2) is 25.8 Å². The maximum absolute atomic E-state index is 5.29. The van der Waals surface area contributed by atoms with Crippen LogP contribution in [0.5, 0.6) is 0 Å². The van der Waals surface area contributed by atoms with Gasteiger partial charge in [-0.2, -0.15) is 5.10 Å². The van der Waals surface area contributed by atoms with Crippen LogP contribution in [0.4, 0.5) is 5.69 Å². The number of aryl methyl sites for hydroxylation is 1. The second-order valence-corrected chi connectivity index (χ2v) is 6.94. The number of oxazole rings is 1. The Labute approximate surface area is 147 Å². The van der Waals surface area contributed by atoms with Crippen molar-refractivity contribution in [2.45, 2.75) is 45.2 Å². The lowest BCUT2D eigenvalue weighted by Gasteiger charge is -2.35. The normalized spacial score (nSPS) is 23.5. The topological polar surface area (TPSA) is 68.8 Å². The summed E-state index contributed by atoms with van der Waals surface area (Å²) in [4.78, 5) is 8.49. The molecule has 25 heavy (non-hydrogen) atoms. The van der Waals surface area contributed by atoms with E-state index in [4.69, 9.17) is 4.42 Å². The summed E-state index contributed by atoms with van der Waals surface area (Å²) in [6.07, 6.45) is 8.63. The summed E-state index contributed by atoms with van der Waals surface area (Å²) in [5, 5.41) is 8.06. The van der Waals surface area contributed by atoms with Gasteiger partial charge in [-0.1, -0.05) is 19.1 Å². The quantitative estimate of drug-likeness (QED) is 0.777. The molecule has 3 unspecified atom stereocenters. The minimum Gasteiger partial charge on any atom is -0.449 e. The molecule has 130 valence electrons. The molecule has 0 saturated heterocycles. The average molecular weight is 337 g/mol. The maximum atomic E-state index is 5.29. The first-order valence-corrected chi connectivity index (χ1v) is 8.82. The van der Waals surface area contributed by atoms with Crippen molar-refractivity contribution in [2.24, 2.45) is 5.92 Å². The number of anilines is 1. The van der Waals surface area contributed by atoms with Crippen molar-refractivity contribution in [2.75, 3.05) is 5.32 Å². The van der Waals surface area contributed by atoms with E-state index in [0.29, 0.717) is 23.9 Å². The van der Waals surface area contributed by atoms with Gasteiger partial charge in [0.1, 0.15) is 24.6 Å². The minimum absolute atomic E-state index is 0.337. The van der Waals surface area contributed by atoms with Crippen LogP contribution in [0, 0.1) is 12.8 Å². The maximum Gasteiger partial charge on any atom is 0.191 e. The summed E-state index contributed by atoms with van der Waals surface area (Å²) in [5.41, 5.74) is 3.05. The van der Waals surface area contributed by atoms with Gasteiger partial charge in [0.2, 0.25) is 0 Å². The van der Waals surface area contributed by atoms with Crippen molar-refractivity contribution in [3.63, 3.8) is 0 Å². The second kappa shape index (κ2) is 6.70. The summed E-state index contributed by atoms with van der Waals surface area (Å²) in [6, 6.07) is 9.07. The fraction of sp³-hybridized carbons (Fsp3) is 0.421. The molecule has 1 aromatic carbocycles. The fourth-order valence-electron chi connectivity index (χ4n) is 3.65. The Morgan fingerprint density at radius 1 is 1.20 bits per heavy atom. The van der Waals surface area contributed by atoms with Gasteiger partial charge in [-0.15, -0.1) is 0 Å². The van der Waals surface area contributed by atoms with E-state index < -0.39 is 0 Å². The van der Waals surface area contributed by atoms with Crippen LogP contribution in [0.3, 0.4) is 0 Å². The molecular formula is C19H23N5O. The second-order valence-electron chi connectivity index (χ2n) is 6.94. The highest BCUT2D eigenvalue weighted by atomic mass is 16.3. The number of benzene rings is 1. The molecule has 6 heteroatoms. The predicted octanol–water partition coefficient (Wildman–Crippen LogP) is 4.08. The Morgan fingerprint density at radius 3 is 2.72 bits per heavy atom. The smallest absolute Gasteiger partial charge is 0.191 e. The zero-order chi connectivity index (χ0) is 17.2. The molecule has 1 saturated carbocycles. The number of aromatic nitrogens is 4. The van der Waals surface area contributed by atoms with Gasteiger partial charge in [0.25, 0.3) is 0 Å². The highest BCUT2D eigenvalue weighted by Crippen LogP contribution is 2.34. The fourth-order valence-corrected chi connectivity index (χ4v) is 3.65. The lowest BCUT2D eigenvalue weighted by molar-refractivity contribution is 0.244. The van der Waals surface area contributed by atoms with Crippen molar-refractivity contribution in [1.29, 1.82) is 0 Å². The van der Waals surface area contributed by atoms with Gasteiger partial charge in [-0.25, -0.2) is 14.6 Å². The van der Waals surface area contributed by atoms with E-state index in [0.717, 1.165) is 29.8 Å². The molecule has 1 fully saturated rings. The minimum atomic E-state index is 0.337. The molecule has 3 atom stereocenters. The molecule has 1 aliphatic rings. The Balaban J connectivity index is 1.50. The Morgan fingerprint density at radius 2 is 2.04 bits per heavy atom. The molecule has 3 aromatic rings. The van der Waals surface area contributed by atoms with E-state index >= 15 is 0 Å². The van der Waals surface area contributed by atoms with E-state index in [9.17, 15) is 0 Å². The molecule has 0 bridgehead atoms. The molecule has 1 aliphatic carbocycles. The molecule has 0 radical (unpaired) electrons. The first-order chi connectivity index (χ1) is 12.2. The van der Waals surface area contributed by atoms with Crippen molar-refractivity contribution >= 4 is 5.69 Å². The monoisotopic (exact) mass is 337 g/mol. The first-order valence-electron chi connectivity index (χ1n) is 8.82. The van der Waals surface area contributed by atoms with Crippen molar-refractivity contribution < 1.29 is 4.42 Å². The zero-order valence-corrected chi connectivity index (χ0v) is 14.6. The van der Waals surface area contributed by atoms with Crippen LogP contribution in [0.15, 0.2) is 47.6 Å². The number of nitrogens with zero attached hydrogens (tertiary/aromatic N) is 4. The van der Waals surface area contributed by atoms with Crippen molar-refractivity contribution in [3.05, 3.63) is 49.1 Å². The van der Waals surface area contributed by atoms with Gasteiger partial charge < -0.3 is 9.73 Å². The molecule has 0 spiro atoms. The van der Waals surface area contributed by atoms with Gasteiger partial charge in [0.05, 0.1) is 6.04 Å². The Kier molecular flexibility index (Phi) is 4.26. The van der Waals surface area contributed by atoms with E-state index in [1.165, 1.54) is 6.42 Å². The molecule has 0 aliphatic heterocycles. The van der Waals surface area contributed by atoms with Crippen LogP contribution in [0.1, 0.15) is 38.1 Å². The highest BCUT2D eigenvalue weighted by molar-refractivity contribution is 5.62. The van der Waals surface area contributed by atoms with E-state index in [1.54, 1.807) is 12.6 Å². The SMILES string of the molecule is Cc1nc(-c2ccc(NC3CCC(C)CC3n3cncn3)cc2)co1. The molecule has 1 N–H and O–H groups in total. The van der Waals surface area contributed by atoms with Gasteiger partial charge in [-0.05, 0) is 37.3 Å². The number of rotatable bonds is 4. The van der Waals surface area contributed by atoms with Crippen molar-refractivity contribution in [1.82, 2.24) is 19.7 Å². The van der Waals surface area contributed by atoms with Gasteiger partial charge >= 0.3 is 0 Å². The lowest BCUT2D eigenvalue weighted by Crippen LogP contribution is -2.36. The van der Waals surface area contributed by atoms with Crippen molar-refractivity contribution in [3.8, 4) is 11.3 Å². The largest absolute Gasteiger partial charge is 0.449 e. The first kappa shape index (κ1) is 15.9. The van der Waals surface area contributed by atoms with Gasteiger partial charge in [-0.3, -0.25) is 0 Å². The highest BCUT2D eigenvalue weighted by Gasteiger charge is 2.30. The third kappa shape index (κ3) is 3.43. The van der Waals surface area contributed by atoms with Crippen LogP contribution in [0.25, 0.3) is 11.3 Å². The van der Waals surface area contributed by atoms with Crippen LogP contribution in [0.2, 0.25) is 0 Å². The summed E-state index contributed by atoms with van der Waals surface area (Å²) in [5.74, 6) is 1.40. The van der Waals surface area contributed by atoms with Gasteiger partial charge in [0, 0.05) is 24.2 Å². The molecule has 6 nitrogen and oxygen atoms in total. The third-order valence-electron chi connectivity index (χ3n) is 5.01. The standard InChI is InChI=1S/C19H23N5O/c1-13-3-8-17(19(9-13)24-12-20-11-21-24)23-16-6-4-15(5-7-16)18-10-25-14(2)22-18/h4-7,10-13,17,19,23H,3,8-9H2,1-2H3. The average Bonchev–Trinajstić information content (AvgIpc) is 3.29. The summed E-state index contributed by atoms with van der Waals surface area (Å²) in [6.45, 7) is 4.17. The molecule has 0 amide bonds. The van der Waals surface area contributed by atoms with Crippen LogP contribution in [-0.2, 0) is 0 Å². The van der Waals surface area contributed by atoms with Crippen LogP contribution < -0.4 is 5.32 Å². The summed E-state index contributed by atoms with van der Waals surface area (Å²) < 4.78 is 7.29. The summed E-state index contributed by atoms with van der Waals surface area (Å²) in [7, 11) is 0. The number of nitrogens with one attached hydrogen (secondary N) is 1. The van der Waals surface area contributed by atoms with E-state index in [-0.39, 0.29) is 0 Å². The number of hydrogen-bond acceptors (Lipinski definition) is 5. The molecular weight excluding hydrogens is 314 g/mol. The number of hydrogen-bond donors (Lipinski definition) is 1. The lowest BCUT2D eigenvalue weighted by atomic mass is 9.83. The zero-order valence-electron chi connectivity index (χ0n) is 14.6. The van der Waals surface area contributed by atoms with E-state index in [2.05, 4.69) is 51.6 Å². The molecule has 4 rings (SSSR count). The van der Waals surface area contributed by atoms with E-state index in [1.807, 2.05) is 17.9 Å². The third-order valence-corrected chi connectivity index (χ3v) is 5.01. The predicted molar refractivity (Wildman–Crippen MR) is 96.2 cm³/mol. The molecule has 2 aromatic heterocycles. The van der Waals surface area contributed by atoms with Gasteiger partial charge in [0.15, 0.2) is 5.89 Å².